The van der Waals surface area contributed by atoms with E-state index in [4.69, 9.17) is 0 Å². The lowest BCUT2D eigenvalue weighted by Crippen LogP contribution is -2.51. The van der Waals surface area contributed by atoms with Gasteiger partial charge in [-0.05, 0) is 42.5 Å². The van der Waals surface area contributed by atoms with Gasteiger partial charge in [-0.2, -0.15) is 0 Å². The number of amides is 1. The summed E-state index contributed by atoms with van der Waals surface area (Å²) in [7, 11) is 0. The number of hydrogen-bond acceptors (Lipinski definition) is 4. The van der Waals surface area contributed by atoms with Crippen molar-refractivity contribution in [2.75, 3.05) is 32.7 Å². The van der Waals surface area contributed by atoms with Crippen molar-refractivity contribution in [2.45, 2.75) is 19.4 Å². The van der Waals surface area contributed by atoms with E-state index in [1.807, 2.05) is 30.2 Å². The molecule has 6 heteroatoms. The minimum atomic E-state index is -0.671. The summed E-state index contributed by atoms with van der Waals surface area (Å²) < 4.78 is 1.14. The minimum absolute atomic E-state index is 0.127. The highest BCUT2D eigenvalue weighted by atomic mass is 127. The van der Waals surface area contributed by atoms with E-state index in [1.54, 1.807) is 11.3 Å². The van der Waals surface area contributed by atoms with Gasteiger partial charge in [-0.3, -0.25) is 9.69 Å². The normalized spacial score (nSPS) is 17.8. The molecule has 1 fully saturated rings. The average Bonchev–Trinajstić information content (AvgIpc) is 2.74. The first-order valence-corrected chi connectivity index (χ1v) is 8.29. The van der Waals surface area contributed by atoms with Crippen LogP contribution in [-0.4, -0.2) is 59.1 Å². The Labute approximate surface area is 131 Å². The van der Waals surface area contributed by atoms with Gasteiger partial charge in [0.2, 0.25) is 0 Å². The Kier molecular flexibility index (Phi) is 4.86. The SMILES string of the molecule is CC(C)(O)CN1CCN(C(=O)c2csc(I)c2)CC1. The van der Waals surface area contributed by atoms with Gasteiger partial charge in [0, 0.05) is 38.1 Å². The standard InChI is InChI=1S/C13H19IN2O2S/c1-13(2,18)9-15-3-5-16(6-4-15)12(17)10-7-11(14)19-8-10/h7-8,18H,3-6,9H2,1-2H3. The lowest BCUT2D eigenvalue weighted by molar-refractivity contribution is 0.0178. The fourth-order valence-corrected chi connectivity index (χ4v) is 3.58. The second-order valence-corrected chi connectivity index (χ2v) is 8.33. The van der Waals surface area contributed by atoms with Crippen LogP contribution in [0.25, 0.3) is 0 Å². The molecule has 0 aliphatic carbocycles. The molecule has 1 saturated heterocycles. The van der Waals surface area contributed by atoms with E-state index in [0.717, 1.165) is 34.6 Å². The Morgan fingerprint density at radius 1 is 1.42 bits per heavy atom. The smallest absolute Gasteiger partial charge is 0.254 e. The van der Waals surface area contributed by atoms with E-state index in [2.05, 4.69) is 27.5 Å². The van der Waals surface area contributed by atoms with Gasteiger partial charge in [-0.25, -0.2) is 0 Å². The molecule has 1 aromatic heterocycles. The number of carbonyl (C=O) groups excluding carboxylic acids is 1. The van der Waals surface area contributed by atoms with Crippen LogP contribution in [0.3, 0.4) is 0 Å². The first-order valence-electron chi connectivity index (χ1n) is 6.33. The summed E-state index contributed by atoms with van der Waals surface area (Å²) in [5.74, 6) is 0.127. The molecular weight excluding hydrogens is 375 g/mol. The molecule has 4 nitrogen and oxygen atoms in total. The molecule has 0 spiro atoms. The van der Waals surface area contributed by atoms with E-state index < -0.39 is 5.60 Å². The lowest BCUT2D eigenvalue weighted by atomic mass is 10.1. The molecule has 2 rings (SSSR count). The Balaban J connectivity index is 1.88. The maximum Gasteiger partial charge on any atom is 0.254 e. The number of carbonyl (C=O) groups is 1. The first kappa shape index (κ1) is 15.2. The van der Waals surface area contributed by atoms with Crippen molar-refractivity contribution >= 4 is 39.8 Å². The number of piperazine rings is 1. The molecule has 19 heavy (non-hydrogen) atoms. The molecule has 1 aromatic rings. The predicted molar refractivity (Wildman–Crippen MR) is 85.7 cm³/mol. The van der Waals surface area contributed by atoms with Crippen molar-refractivity contribution in [3.05, 3.63) is 19.9 Å². The van der Waals surface area contributed by atoms with Crippen molar-refractivity contribution in [2.24, 2.45) is 0 Å². The lowest BCUT2D eigenvalue weighted by Gasteiger charge is -2.37. The highest BCUT2D eigenvalue weighted by Gasteiger charge is 2.25. The van der Waals surface area contributed by atoms with E-state index in [-0.39, 0.29) is 5.91 Å². The zero-order valence-corrected chi connectivity index (χ0v) is 14.2. The topological polar surface area (TPSA) is 43.8 Å². The van der Waals surface area contributed by atoms with Crippen molar-refractivity contribution < 1.29 is 9.90 Å². The van der Waals surface area contributed by atoms with Crippen LogP contribution in [0, 0.1) is 2.88 Å². The van der Waals surface area contributed by atoms with Crippen LogP contribution < -0.4 is 0 Å². The Morgan fingerprint density at radius 3 is 2.53 bits per heavy atom. The molecule has 0 saturated carbocycles. The molecule has 0 bridgehead atoms. The molecule has 0 unspecified atom stereocenters. The Morgan fingerprint density at radius 2 is 2.05 bits per heavy atom. The van der Waals surface area contributed by atoms with Crippen LogP contribution in [0.15, 0.2) is 11.4 Å². The van der Waals surface area contributed by atoms with Gasteiger partial charge in [-0.15, -0.1) is 11.3 Å². The summed E-state index contributed by atoms with van der Waals surface area (Å²) in [6.45, 7) is 7.43. The molecule has 0 aromatic carbocycles. The zero-order chi connectivity index (χ0) is 14.0. The summed E-state index contributed by atoms with van der Waals surface area (Å²) in [6.07, 6.45) is 0. The van der Waals surface area contributed by atoms with Gasteiger partial charge in [0.15, 0.2) is 0 Å². The zero-order valence-electron chi connectivity index (χ0n) is 11.2. The molecule has 1 amide bonds. The number of rotatable bonds is 3. The highest BCUT2D eigenvalue weighted by Crippen LogP contribution is 2.19. The van der Waals surface area contributed by atoms with Crippen molar-refractivity contribution in [3.63, 3.8) is 0 Å². The van der Waals surface area contributed by atoms with Gasteiger partial charge in [0.05, 0.1) is 14.0 Å². The fourth-order valence-electron chi connectivity index (χ4n) is 2.26. The average molecular weight is 394 g/mol. The summed E-state index contributed by atoms with van der Waals surface area (Å²) >= 11 is 3.84. The predicted octanol–water partition coefficient (Wildman–Crippen LogP) is 1.88. The number of thiophene rings is 1. The number of β-amino-alcohol motifs (C(OH)–C–C–N with tert-alkyl or cyclic N) is 1. The van der Waals surface area contributed by atoms with Crippen LogP contribution in [0.2, 0.25) is 0 Å². The van der Waals surface area contributed by atoms with Gasteiger partial charge in [-0.1, -0.05) is 0 Å². The van der Waals surface area contributed by atoms with Crippen LogP contribution in [0.1, 0.15) is 24.2 Å². The quantitative estimate of drug-likeness (QED) is 0.797. The van der Waals surface area contributed by atoms with E-state index in [9.17, 15) is 9.90 Å². The second kappa shape index (κ2) is 6.07. The maximum absolute atomic E-state index is 12.3. The molecule has 1 aliphatic heterocycles. The van der Waals surface area contributed by atoms with Crippen molar-refractivity contribution in [1.29, 1.82) is 0 Å². The van der Waals surface area contributed by atoms with Gasteiger partial charge in [0.25, 0.3) is 5.91 Å². The van der Waals surface area contributed by atoms with Crippen LogP contribution in [-0.2, 0) is 0 Å². The summed E-state index contributed by atoms with van der Waals surface area (Å²) in [5.41, 5.74) is 0.126. The van der Waals surface area contributed by atoms with E-state index in [1.165, 1.54) is 0 Å². The van der Waals surface area contributed by atoms with Gasteiger partial charge < -0.3 is 10.0 Å². The summed E-state index contributed by atoms with van der Waals surface area (Å²) in [6, 6.07) is 1.94. The Bertz CT molecular complexity index is 448. The van der Waals surface area contributed by atoms with E-state index >= 15 is 0 Å². The van der Waals surface area contributed by atoms with Crippen LogP contribution in [0.5, 0.6) is 0 Å². The largest absolute Gasteiger partial charge is 0.389 e. The third-order valence-corrected chi connectivity index (χ3v) is 4.87. The monoisotopic (exact) mass is 394 g/mol. The van der Waals surface area contributed by atoms with Gasteiger partial charge in [0.1, 0.15) is 0 Å². The summed E-state index contributed by atoms with van der Waals surface area (Å²) in [4.78, 5) is 16.4. The number of nitrogens with zero attached hydrogens (tertiary/aromatic N) is 2. The summed E-state index contributed by atoms with van der Waals surface area (Å²) in [5, 5.41) is 11.7. The van der Waals surface area contributed by atoms with Crippen molar-refractivity contribution in [3.8, 4) is 0 Å². The minimum Gasteiger partial charge on any atom is -0.389 e. The fraction of sp³-hybridized carbons (Fsp3) is 0.615. The molecule has 106 valence electrons. The van der Waals surface area contributed by atoms with Gasteiger partial charge >= 0.3 is 0 Å². The van der Waals surface area contributed by atoms with Crippen molar-refractivity contribution in [1.82, 2.24) is 9.80 Å². The number of hydrogen-bond donors (Lipinski definition) is 1. The molecule has 1 N–H and O–H groups in total. The Hall–Kier alpha value is -0.180. The molecule has 2 heterocycles. The third kappa shape index (κ3) is 4.40. The molecule has 0 radical (unpaired) electrons. The number of halogens is 1. The first-order chi connectivity index (χ1) is 8.85. The van der Waals surface area contributed by atoms with E-state index in [0.29, 0.717) is 6.54 Å². The highest BCUT2D eigenvalue weighted by molar-refractivity contribution is 14.1. The second-order valence-electron chi connectivity index (χ2n) is 5.52. The van der Waals surface area contributed by atoms with Crippen LogP contribution >= 0.6 is 33.9 Å². The maximum atomic E-state index is 12.3. The molecule has 1 aliphatic rings. The molecular formula is C13H19IN2O2S. The molecule has 0 atom stereocenters. The third-order valence-electron chi connectivity index (χ3n) is 3.08. The number of aliphatic hydroxyl groups is 1. The van der Waals surface area contributed by atoms with Crippen LogP contribution in [0.4, 0.5) is 0 Å².